The molecule has 1 aliphatic heterocycles. The van der Waals surface area contributed by atoms with Crippen LogP contribution in [0.3, 0.4) is 0 Å². The standard InChI is InChI=1S/C20H20N4O3S/c1-13-11-16(23-27-13)19(26)22-20-21-15-9-10-24(12-17(15)28-20)18(25)8-7-14-5-3-2-4-6-14/h2-6,11H,7-10,12H2,1H3,(H,21,22,26). The number of thiazole rings is 1. The summed E-state index contributed by atoms with van der Waals surface area (Å²) < 4.78 is 4.93. The van der Waals surface area contributed by atoms with Crippen LogP contribution in [0.2, 0.25) is 0 Å². The zero-order valence-corrected chi connectivity index (χ0v) is 16.3. The number of rotatable bonds is 5. The maximum absolute atomic E-state index is 12.6. The third-order valence-corrected chi connectivity index (χ3v) is 5.63. The number of fused-ring (bicyclic) bond motifs is 1. The Labute approximate surface area is 166 Å². The molecule has 1 aliphatic rings. The van der Waals surface area contributed by atoms with Gasteiger partial charge in [0.2, 0.25) is 5.91 Å². The largest absolute Gasteiger partial charge is 0.361 e. The molecule has 2 aromatic heterocycles. The minimum atomic E-state index is -0.348. The minimum absolute atomic E-state index is 0.145. The van der Waals surface area contributed by atoms with Crippen LogP contribution in [0.15, 0.2) is 40.9 Å². The number of hydrogen-bond donors (Lipinski definition) is 1. The molecule has 28 heavy (non-hydrogen) atoms. The van der Waals surface area contributed by atoms with Crippen LogP contribution in [0, 0.1) is 6.92 Å². The van der Waals surface area contributed by atoms with Gasteiger partial charge in [0.25, 0.3) is 5.91 Å². The van der Waals surface area contributed by atoms with E-state index in [9.17, 15) is 9.59 Å². The fourth-order valence-electron chi connectivity index (χ4n) is 3.15. The Balaban J connectivity index is 1.36. The summed E-state index contributed by atoms with van der Waals surface area (Å²) in [6, 6.07) is 11.6. The minimum Gasteiger partial charge on any atom is -0.361 e. The normalized spacial score (nSPS) is 13.2. The molecule has 3 aromatic rings. The van der Waals surface area contributed by atoms with Gasteiger partial charge in [-0.05, 0) is 18.9 Å². The zero-order chi connectivity index (χ0) is 19.5. The monoisotopic (exact) mass is 396 g/mol. The molecular formula is C20H20N4O3S. The second-order valence-corrected chi connectivity index (χ2v) is 7.80. The maximum atomic E-state index is 12.6. The van der Waals surface area contributed by atoms with E-state index in [0.717, 1.165) is 17.0 Å². The highest BCUT2D eigenvalue weighted by molar-refractivity contribution is 7.15. The molecular weight excluding hydrogens is 376 g/mol. The van der Waals surface area contributed by atoms with Gasteiger partial charge in [0.05, 0.1) is 12.2 Å². The SMILES string of the molecule is Cc1cc(C(=O)Nc2nc3c(s2)CN(C(=O)CCc2ccccc2)CC3)no1. The second-order valence-electron chi connectivity index (χ2n) is 6.72. The molecule has 0 aliphatic carbocycles. The predicted molar refractivity (Wildman–Crippen MR) is 105 cm³/mol. The van der Waals surface area contributed by atoms with Gasteiger partial charge in [-0.15, -0.1) is 0 Å². The number of nitrogens with one attached hydrogen (secondary N) is 1. The molecule has 3 heterocycles. The molecule has 1 aromatic carbocycles. The predicted octanol–water partition coefficient (Wildman–Crippen LogP) is 3.21. The number of carbonyl (C=O) groups is 2. The third-order valence-electron chi connectivity index (χ3n) is 4.64. The number of benzene rings is 1. The molecule has 8 heteroatoms. The zero-order valence-electron chi connectivity index (χ0n) is 15.5. The van der Waals surface area contributed by atoms with Crippen molar-refractivity contribution in [1.29, 1.82) is 0 Å². The van der Waals surface area contributed by atoms with Crippen molar-refractivity contribution in [3.05, 3.63) is 64.0 Å². The van der Waals surface area contributed by atoms with Crippen molar-refractivity contribution in [3.63, 3.8) is 0 Å². The van der Waals surface area contributed by atoms with E-state index in [1.165, 1.54) is 16.9 Å². The second kappa shape index (κ2) is 7.93. The van der Waals surface area contributed by atoms with E-state index in [4.69, 9.17) is 4.52 Å². The maximum Gasteiger partial charge on any atom is 0.279 e. The van der Waals surface area contributed by atoms with E-state index in [2.05, 4.69) is 15.5 Å². The van der Waals surface area contributed by atoms with E-state index in [-0.39, 0.29) is 17.5 Å². The number of aryl methyl sites for hydroxylation is 2. The van der Waals surface area contributed by atoms with E-state index < -0.39 is 0 Å². The summed E-state index contributed by atoms with van der Waals surface area (Å²) in [5.41, 5.74) is 2.34. The fourth-order valence-corrected chi connectivity index (χ4v) is 4.17. The molecule has 0 saturated heterocycles. The molecule has 0 spiro atoms. The summed E-state index contributed by atoms with van der Waals surface area (Å²) >= 11 is 1.41. The van der Waals surface area contributed by atoms with Crippen LogP contribution < -0.4 is 5.32 Å². The van der Waals surface area contributed by atoms with Crippen LogP contribution in [0.4, 0.5) is 5.13 Å². The summed E-state index contributed by atoms with van der Waals surface area (Å²) in [7, 11) is 0. The van der Waals surface area contributed by atoms with Crippen LogP contribution in [-0.4, -0.2) is 33.4 Å². The highest BCUT2D eigenvalue weighted by Gasteiger charge is 2.24. The smallest absolute Gasteiger partial charge is 0.279 e. The van der Waals surface area contributed by atoms with Crippen molar-refractivity contribution in [2.75, 3.05) is 11.9 Å². The van der Waals surface area contributed by atoms with Gasteiger partial charge in [0.15, 0.2) is 10.8 Å². The van der Waals surface area contributed by atoms with Crippen LogP contribution >= 0.6 is 11.3 Å². The van der Waals surface area contributed by atoms with Gasteiger partial charge in [0, 0.05) is 30.3 Å². The molecule has 4 rings (SSSR count). The summed E-state index contributed by atoms with van der Waals surface area (Å²) in [6.45, 7) is 2.93. The lowest BCUT2D eigenvalue weighted by Crippen LogP contribution is -2.35. The quantitative estimate of drug-likeness (QED) is 0.715. The Bertz CT molecular complexity index is 996. The summed E-state index contributed by atoms with van der Waals surface area (Å²) in [5, 5.41) is 7.00. The average molecular weight is 396 g/mol. The molecule has 7 nitrogen and oxygen atoms in total. The van der Waals surface area contributed by atoms with Gasteiger partial charge in [-0.25, -0.2) is 4.98 Å². The van der Waals surface area contributed by atoms with Crippen LogP contribution in [-0.2, 0) is 24.2 Å². The highest BCUT2D eigenvalue weighted by Crippen LogP contribution is 2.29. The van der Waals surface area contributed by atoms with Gasteiger partial charge in [-0.2, -0.15) is 0 Å². The number of carbonyl (C=O) groups excluding carboxylic acids is 2. The Morgan fingerprint density at radius 3 is 2.86 bits per heavy atom. The van der Waals surface area contributed by atoms with Crippen LogP contribution in [0.1, 0.15) is 38.8 Å². The van der Waals surface area contributed by atoms with Crippen LogP contribution in [0.25, 0.3) is 0 Å². The lowest BCUT2D eigenvalue weighted by atomic mass is 10.1. The highest BCUT2D eigenvalue weighted by atomic mass is 32.1. The van der Waals surface area contributed by atoms with Crippen molar-refractivity contribution >= 4 is 28.3 Å². The summed E-state index contributed by atoms with van der Waals surface area (Å²) in [6.07, 6.45) is 1.93. The van der Waals surface area contributed by atoms with E-state index in [1.807, 2.05) is 35.2 Å². The lowest BCUT2D eigenvalue weighted by Gasteiger charge is -2.26. The number of aromatic nitrogens is 2. The first-order valence-electron chi connectivity index (χ1n) is 9.13. The average Bonchev–Trinajstić information content (AvgIpc) is 3.31. The molecule has 0 bridgehead atoms. The lowest BCUT2D eigenvalue weighted by molar-refractivity contribution is -0.132. The van der Waals surface area contributed by atoms with Crippen molar-refractivity contribution in [1.82, 2.24) is 15.0 Å². The van der Waals surface area contributed by atoms with Crippen LogP contribution in [0.5, 0.6) is 0 Å². The molecule has 0 radical (unpaired) electrons. The number of amides is 2. The number of hydrogen-bond acceptors (Lipinski definition) is 6. The van der Waals surface area contributed by atoms with Gasteiger partial charge in [0.1, 0.15) is 5.76 Å². The van der Waals surface area contributed by atoms with E-state index in [1.54, 1.807) is 13.0 Å². The fraction of sp³-hybridized carbons (Fsp3) is 0.300. The van der Waals surface area contributed by atoms with Gasteiger partial charge >= 0.3 is 0 Å². The molecule has 144 valence electrons. The summed E-state index contributed by atoms with van der Waals surface area (Å²) in [5.74, 6) is 0.374. The number of anilines is 1. The van der Waals surface area contributed by atoms with Crippen molar-refractivity contribution in [3.8, 4) is 0 Å². The molecule has 1 N–H and O–H groups in total. The van der Waals surface area contributed by atoms with Gasteiger partial charge in [-0.1, -0.05) is 46.8 Å². The van der Waals surface area contributed by atoms with Crippen molar-refractivity contribution in [2.45, 2.75) is 32.7 Å². The molecule has 0 saturated carbocycles. The van der Waals surface area contributed by atoms with E-state index in [0.29, 0.717) is 36.8 Å². The molecule has 2 amide bonds. The van der Waals surface area contributed by atoms with E-state index >= 15 is 0 Å². The number of nitrogens with zero attached hydrogens (tertiary/aromatic N) is 3. The third kappa shape index (κ3) is 4.12. The Hall–Kier alpha value is -3.00. The first-order chi connectivity index (χ1) is 13.6. The Kier molecular flexibility index (Phi) is 5.21. The molecule has 0 atom stereocenters. The first kappa shape index (κ1) is 18.4. The van der Waals surface area contributed by atoms with Gasteiger partial charge in [-0.3, -0.25) is 14.9 Å². The Morgan fingerprint density at radius 2 is 2.11 bits per heavy atom. The van der Waals surface area contributed by atoms with Gasteiger partial charge < -0.3 is 9.42 Å². The Morgan fingerprint density at radius 1 is 1.29 bits per heavy atom. The van der Waals surface area contributed by atoms with Crippen molar-refractivity contribution in [2.24, 2.45) is 0 Å². The first-order valence-corrected chi connectivity index (χ1v) is 9.95. The van der Waals surface area contributed by atoms with Crippen molar-refractivity contribution < 1.29 is 14.1 Å². The molecule has 0 unspecified atom stereocenters. The molecule has 0 fully saturated rings. The summed E-state index contributed by atoms with van der Waals surface area (Å²) in [4.78, 5) is 32.2. The topological polar surface area (TPSA) is 88.3 Å².